The minimum atomic E-state index is 0.467. The number of hydrogen-bond donors (Lipinski definition) is 2. The molecule has 18 heavy (non-hydrogen) atoms. The second-order valence-electron chi connectivity index (χ2n) is 6.78. The van der Waals surface area contributed by atoms with Gasteiger partial charge in [-0.3, -0.25) is 4.90 Å². The van der Waals surface area contributed by atoms with E-state index in [1.165, 1.54) is 51.7 Å². The van der Waals surface area contributed by atoms with Crippen LogP contribution in [0.3, 0.4) is 0 Å². The molecule has 0 spiro atoms. The minimum Gasteiger partial charge on any atom is -0.314 e. The number of nitrogens with zero attached hydrogens (tertiary/aromatic N) is 1. The van der Waals surface area contributed by atoms with Crippen molar-refractivity contribution in [2.75, 3.05) is 39.4 Å². The Balaban J connectivity index is 1.67. The molecule has 2 rings (SSSR count). The van der Waals surface area contributed by atoms with Gasteiger partial charge in [-0.05, 0) is 24.2 Å². The second kappa shape index (κ2) is 6.88. The predicted octanol–water partition coefficient (Wildman–Crippen LogP) is 2.05. The van der Waals surface area contributed by atoms with Crippen LogP contribution in [0.15, 0.2) is 0 Å². The van der Waals surface area contributed by atoms with Gasteiger partial charge in [0, 0.05) is 39.4 Å². The molecule has 106 valence electrons. The van der Waals surface area contributed by atoms with Gasteiger partial charge in [-0.25, -0.2) is 0 Å². The van der Waals surface area contributed by atoms with E-state index in [1.807, 2.05) is 0 Å². The van der Waals surface area contributed by atoms with Crippen LogP contribution in [0, 0.1) is 11.3 Å². The van der Waals surface area contributed by atoms with Gasteiger partial charge in [0.25, 0.3) is 0 Å². The Hall–Kier alpha value is -0.120. The van der Waals surface area contributed by atoms with E-state index >= 15 is 0 Å². The Kier molecular flexibility index (Phi) is 5.46. The van der Waals surface area contributed by atoms with E-state index in [0.29, 0.717) is 5.41 Å². The number of rotatable bonds is 5. The molecule has 0 aromatic heterocycles. The zero-order chi connectivity index (χ0) is 12.8. The molecule has 1 aliphatic carbocycles. The topological polar surface area (TPSA) is 27.3 Å². The Labute approximate surface area is 113 Å². The van der Waals surface area contributed by atoms with Gasteiger partial charge in [-0.1, -0.05) is 33.1 Å². The Morgan fingerprint density at radius 3 is 2.44 bits per heavy atom. The molecule has 1 heterocycles. The molecule has 0 unspecified atom stereocenters. The molecule has 0 aromatic carbocycles. The number of nitrogens with one attached hydrogen (secondary N) is 2. The molecule has 0 aromatic rings. The number of hydrogen-bond acceptors (Lipinski definition) is 3. The maximum atomic E-state index is 3.69. The van der Waals surface area contributed by atoms with Crippen LogP contribution < -0.4 is 10.6 Å². The van der Waals surface area contributed by atoms with Gasteiger partial charge in [-0.15, -0.1) is 0 Å². The first-order chi connectivity index (χ1) is 8.68. The average Bonchev–Trinajstić information content (AvgIpc) is 2.41. The molecule has 2 N–H and O–H groups in total. The number of piperazine rings is 1. The highest BCUT2D eigenvalue weighted by Crippen LogP contribution is 2.37. The summed E-state index contributed by atoms with van der Waals surface area (Å²) in [5.74, 6) is 0.932. The average molecular weight is 253 g/mol. The summed E-state index contributed by atoms with van der Waals surface area (Å²) in [6.07, 6.45) is 7.25. The summed E-state index contributed by atoms with van der Waals surface area (Å²) in [6, 6.07) is 0. The van der Waals surface area contributed by atoms with Crippen molar-refractivity contribution in [3.05, 3.63) is 0 Å². The van der Waals surface area contributed by atoms with Crippen molar-refractivity contribution in [2.24, 2.45) is 11.3 Å². The highest BCUT2D eigenvalue weighted by Gasteiger charge is 2.30. The highest BCUT2D eigenvalue weighted by atomic mass is 15.3. The summed E-state index contributed by atoms with van der Waals surface area (Å²) in [6.45, 7) is 11.8. The molecule has 1 saturated heterocycles. The van der Waals surface area contributed by atoms with Crippen molar-refractivity contribution in [2.45, 2.75) is 46.0 Å². The molecule has 3 heteroatoms. The molecule has 0 amide bonds. The largest absolute Gasteiger partial charge is 0.314 e. The zero-order valence-electron chi connectivity index (χ0n) is 12.3. The maximum absolute atomic E-state index is 3.69. The molecule has 1 saturated carbocycles. The molecule has 2 aliphatic rings. The van der Waals surface area contributed by atoms with Crippen LogP contribution in [-0.4, -0.2) is 44.3 Å². The van der Waals surface area contributed by atoms with E-state index in [0.717, 1.165) is 25.7 Å². The fourth-order valence-electron chi connectivity index (χ4n) is 3.43. The van der Waals surface area contributed by atoms with Crippen LogP contribution in [0.5, 0.6) is 0 Å². The van der Waals surface area contributed by atoms with E-state index in [-0.39, 0.29) is 0 Å². The van der Waals surface area contributed by atoms with Crippen LogP contribution in [0.1, 0.15) is 46.0 Å². The third-order valence-corrected chi connectivity index (χ3v) is 4.84. The van der Waals surface area contributed by atoms with Crippen molar-refractivity contribution in [3.63, 3.8) is 0 Å². The third kappa shape index (κ3) is 4.22. The summed E-state index contributed by atoms with van der Waals surface area (Å²) in [4.78, 5) is 2.52. The van der Waals surface area contributed by atoms with E-state index in [2.05, 4.69) is 29.4 Å². The Morgan fingerprint density at radius 1 is 1.11 bits per heavy atom. The lowest BCUT2D eigenvalue weighted by Crippen LogP contribution is -2.49. The molecule has 0 bridgehead atoms. The van der Waals surface area contributed by atoms with E-state index < -0.39 is 0 Å². The summed E-state index contributed by atoms with van der Waals surface area (Å²) in [5, 5.41) is 7.09. The summed E-state index contributed by atoms with van der Waals surface area (Å²) in [5.41, 5.74) is 0.467. The van der Waals surface area contributed by atoms with Gasteiger partial charge in [0.2, 0.25) is 0 Å². The van der Waals surface area contributed by atoms with Crippen LogP contribution in [0.4, 0.5) is 0 Å². The molecule has 2 fully saturated rings. The van der Waals surface area contributed by atoms with Gasteiger partial charge < -0.3 is 10.6 Å². The summed E-state index contributed by atoms with van der Waals surface area (Å²) >= 11 is 0. The molecule has 3 nitrogen and oxygen atoms in total. The lowest BCUT2D eigenvalue weighted by molar-refractivity contribution is 0.139. The first-order valence-electron chi connectivity index (χ1n) is 7.82. The van der Waals surface area contributed by atoms with Crippen molar-refractivity contribution in [1.29, 1.82) is 0 Å². The maximum Gasteiger partial charge on any atom is 0.0481 e. The molecular formula is C15H31N3. The van der Waals surface area contributed by atoms with Crippen molar-refractivity contribution < 1.29 is 0 Å². The van der Waals surface area contributed by atoms with Crippen LogP contribution in [0.25, 0.3) is 0 Å². The second-order valence-corrected chi connectivity index (χ2v) is 6.78. The Morgan fingerprint density at radius 2 is 1.78 bits per heavy atom. The minimum absolute atomic E-state index is 0.467. The fourth-order valence-corrected chi connectivity index (χ4v) is 3.43. The summed E-state index contributed by atoms with van der Waals surface area (Å²) in [7, 11) is 0. The lowest BCUT2D eigenvalue weighted by atomic mass is 9.71. The first-order valence-corrected chi connectivity index (χ1v) is 7.82. The normalized spacial score (nSPS) is 24.3. The van der Waals surface area contributed by atoms with Crippen molar-refractivity contribution >= 4 is 0 Å². The van der Waals surface area contributed by atoms with Gasteiger partial charge in [0.05, 0.1) is 0 Å². The monoisotopic (exact) mass is 253 g/mol. The molecule has 0 atom stereocenters. The van der Waals surface area contributed by atoms with Gasteiger partial charge in [-0.2, -0.15) is 0 Å². The van der Waals surface area contributed by atoms with E-state index in [4.69, 9.17) is 0 Å². The zero-order valence-corrected chi connectivity index (χ0v) is 12.3. The standard InChI is InChI=1S/C15H31N3/c1-15(2,14-6-4-3-5-7-14)12-17-13-18-10-8-16-9-11-18/h14,16-17H,3-13H2,1-2H3. The van der Waals surface area contributed by atoms with Gasteiger partial charge in [0.15, 0.2) is 0 Å². The lowest BCUT2D eigenvalue weighted by Gasteiger charge is -2.38. The summed E-state index contributed by atoms with van der Waals surface area (Å²) < 4.78 is 0. The van der Waals surface area contributed by atoms with Crippen molar-refractivity contribution in [1.82, 2.24) is 15.5 Å². The van der Waals surface area contributed by atoms with Crippen LogP contribution in [0.2, 0.25) is 0 Å². The van der Waals surface area contributed by atoms with Gasteiger partial charge >= 0.3 is 0 Å². The van der Waals surface area contributed by atoms with Crippen LogP contribution in [-0.2, 0) is 0 Å². The van der Waals surface area contributed by atoms with Gasteiger partial charge in [0.1, 0.15) is 0 Å². The van der Waals surface area contributed by atoms with Crippen molar-refractivity contribution in [3.8, 4) is 0 Å². The van der Waals surface area contributed by atoms with Crippen LogP contribution >= 0.6 is 0 Å². The SMILES string of the molecule is CC(C)(CNCN1CCNCC1)C1CCCCC1. The molecule has 0 radical (unpaired) electrons. The van der Waals surface area contributed by atoms with E-state index in [9.17, 15) is 0 Å². The molecule has 1 aliphatic heterocycles. The first kappa shape index (κ1) is 14.3. The highest BCUT2D eigenvalue weighted by molar-refractivity contribution is 4.83. The Bertz CT molecular complexity index is 228. The predicted molar refractivity (Wildman–Crippen MR) is 77.7 cm³/mol. The quantitative estimate of drug-likeness (QED) is 0.785. The third-order valence-electron chi connectivity index (χ3n) is 4.84. The van der Waals surface area contributed by atoms with E-state index in [1.54, 1.807) is 0 Å². The molecular weight excluding hydrogens is 222 g/mol. The fraction of sp³-hybridized carbons (Fsp3) is 1.00. The smallest absolute Gasteiger partial charge is 0.0481 e.